The highest BCUT2D eigenvalue weighted by Crippen LogP contribution is 2.36. The lowest BCUT2D eigenvalue weighted by molar-refractivity contribution is -0.383. The average Bonchev–Trinajstić information content (AvgIpc) is 2.78. The number of nitrogens with one attached hydrogen (secondary N) is 2. The fourth-order valence-electron chi connectivity index (χ4n) is 2.73. The number of benzene rings is 2. The molecule has 0 aliphatic rings. The Bertz CT molecular complexity index is 1030. The van der Waals surface area contributed by atoms with Gasteiger partial charge in [-0.2, -0.15) is 0 Å². The molecule has 0 spiro atoms. The lowest BCUT2D eigenvalue weighted by Crippen LogP contribution is -2.08. The summed E-state index contributed by atoms with van der Waals surface area (Å²) in [5.41, 5.74) is 1.14. The number of nitrogens with zero attached hydrogens (tertiary/aromatic N) is 3. The molecular weight excluding hydrogens is 390 g/mol. The van der Waals surface area contributed by atoms with Gasteiger partial charge in [0.1, 0.15) is 23.6 Å². The van der Waals surface area contributed by atoms with E-state index in [4.69, 9.17) is 14.2 Å². The third-order valence-corrected chi connectivity index (χ3v) is 4.29. The van der Waals surface area contributed by atoms with Crippen molar-refractivity contribution in [2.75, 3.05) is 32.0 Å². The fraction of sp³-hybridized carbons (Fsp3) is 0.200. The van der Waals surface area contributed by atoms with Crippen molar-refractivity contribution in [1.82, 2.24) is 9.97 Å². The van der Waals surface area contributed by atoms with E-state index in [0.29, 0.717) is 23.7 Å². The summed E-state index contributed by atoms with van der Waals surface area (Å²) in [4.78, 5) is 19.3. The third-order valence-electron chi connectivity index (χ3n) is 4.29. The van der Waals surface area contributed by atoms with Crippen LogP contribution in [0.4, 0.5) is 23.0 Å². The first-order chi connectivity index (χ1) is 14.5. The van der Waals surface area contributed by atoms with Crippen molar-refractivity contribution in [3.8, 4) is 17.2 Å². The van der Waals surface area contributed by atoms with Crippen molar-refractivity contribution in [2.24, 2.45) is 0 Å². The standard InChI is InChI=1S/C20H21N5O5/c1-28-14-6-4-13(5-7-14)11-21-19-18(25(26)27)20(23-12-22-19)24-16-9-8-15(29-2)10-17(16)30-3/h4-10,12H,11H2,1-3H3,(H2,21,22,23,24). The van der Waals surface area contributed by atoms with Crippen LogP contribution in [-0.4, -0.2) is 36.2 Å². The first-order valence-corrected chi connectivity index (χ1v) is 8.91. The van der Waals surface area contributed by atoms with Crippen LogP contribution < -0.4 is 24.8 Å². The quantitative estimate of drug-likeness (QED) is 0.400. The average molecular weight is 411 g/mol. The number of anilines is 3. The maximum absolute atomic E-state index is 11.8. The predicted molar refractivity (Wildman–Crippen MR) is 112 cm³/mol. The number of aromatic nitrogens is 2. The molecule has 3 rings (SSSR count). The summed E-state index contributed by atoms with van der Waals surface area (Å²) < 4.78 is 15.6. The van der Waals surface area contributed by atoms with Crippen molar-refractivity contribution in [3.63, 3.8) is 0 Å². The Morgan fingerprint density at radius 3 is 2.23 bits per heavy atom. The summed E-state index contributed by atoms with van der Waals surface area (Å²) in [5.74, 6) is 1.91. The summed E-state index contributed by atoms with van der Waals surface area (Å²) in [5, 5.41) is 17.7. The molecule has 30 heavy (non-hydrogen) atoms. The molecule has 0 saturated carbocycles. The number of rotatable bonds is 9. The first kappa shape index (κ1) is 20.6. The smallest absolute Gasteiger partial charge is 0.353 e. The van der Waals surface area contributed by atoms with Crippen LogP contribution in [0.1, 0.15) is 5.56 Å². The van der Waals surface area contributed by atoms with Crippen molar-refractivity contribution < 1.29 is 19.1 Å². The monoisotopic (exact) mass is 411 g/mol. The highest BCUT2D eigenvalue weighted by molar-refractivity contribution is 5.76. The number of nitro groups is 1. The molecule has 156 valence electrons. The molecule has 0 aliphatic carbocycles. The van der Waals surface area contributed by atoms with Gasteiger partial charge in [-0.1, -0.05) is 12.1 Å². The molecular formula is C20H21N5O5. The molecule has 1 aromatic heterocycles. The van der Waals surface area contributed by atoms with Crippen LogP contribution in [0.3, 0.4) is 0 Å². The second-order valence-corrected chi connectivity index (χ2v) is 6.07. The van der Waals surface area contributed by atoms with E-state index in [1.807, 2.05) is 24.3 Å². The molecule has 0 bridgehead atoms. The third kappa shape index (κ3) is 4.66. The van der Waals surface area contributed by atoms with Crippen LogP contribution in [0.25, 0.3) is 0 Å². The minimum absolute atomic E-state index is 0.0377. The van der Waals surface area contributed by atoms with E-state index in [0.717, 1.165) is 11.3 Å². The normalized spacial score (nSPS) is 10.2. The van der Waals surface area contributed by atoms with E-state index < -0.39 is 4.92 Å². The molecule has 10 heteroatoms. The van der Waals surface area contributed by atoms with Crippen LogP contribution in [-0.2, 0) is 6.54 Å². The zero-order valence-corrected chi connectivity index (χ0v) is 16.7. The van der Waals surface area contributed by atoms with Gasteiger partial charge in [0.25, 0.3) is 0 Å². The van der Waals surface area contributed by atoms with Gasteiger partial charge in [0.05, 0.1) is 31.9 Å². The van der Waals surface area contributed by atoms with Gasteiger partial charge in [-0.25, -0.2) is 9.97 Å². The lowest BCUT2D eigenvalue weighted by Gasteiger charge is -2.13. The zero-order valence-electron chi connectivity index (χ0n) is 16.7. The van der Waals surface area contributed by atoms with Gasteiger partial charge in [0.15, 0.2) is 0 Å². The van der Waals surface area contributed by atoms with E-state index in [-0.39, 0.29) is 17.3 Å². The highest BCUT2D eigenvalue weighted by Gasteiger charge is 2.24. The minimum atomic E-state index is -0.533. The summed E-state index contributed by atoms with van der Waals surface area (Å²) in [6.45, 7) is 0.340. The van der Waals surface area contributed by atoms with Gasteiger partial charge in [0.2, 0.25) is 11.6 Å². The fourth-order valence-corrected chi connectivity index (χ4v) is 2.73. The molecule has 0 fully saturated rings. The van der Waals surface area contributed by atoms with Crippen LogP contribution in [0.15, 0.2) is 48.8 Å². The molecule has 1 heterocycles. The van der Waals surface area contributed by atoms with E-state index in [9.17, 15) is 10.1 Å². The molecule has 0 radical (unpaired) electrons. The molecule has 3 aromatic rings. The number of ether oxygens (including phenoxy) is 3. The molecule has 0 unspecified atom stereocenters. The van der Waals surface area contributed by atoms with Crippen molar-refractivity contribution in [1.29, 1.82) is 0 Å². The van der Waals surface area contributed by atoms with Gasteiger partial charge in [-0.05, 0) is 29.8 Å². The topological polar surface area (TPSA) is 121 Å². The van der Waals surface area contributed by atoms with Gasteiger partial charge in [-0.15, -0.1) is 0 Å². The second-order valence-electron chi connectivity index (χ2n) is 6.07. The van der Waals surface area contributed by atoms with Crippen LogP contribution in [0.5, 0.6) is 17.2 Å². The number of hydrogen-bond donors (Lipinski definition) is 2. The van der Waals surface area contributed by atoms with Gasteiger partial charge < -0.3 is 24.8 Å². The Balaban J connectivity index is 1.86. The van der Waals surface area contributed by atoms with Crippen molar-refractivity contribution in [3.05, 3.63) is 64.5 Å². The summed E-state index contributed by atoms with van der Waals surface area (Å²) in [6, 6.07) is 12.4. The Hall–Kier alpha value is -4.08. The molecule has 2 aromatic carbocycles. The largest absolute Gasteiger partial charge is 0.497 e. The van der Waals surface area contributed by atoms with Crippen LogP contribution >= 0.6 is 0 Å². The predicted octanol–water partition coefficient (Wildman–Crippen LogP) is 3.77. The second kappa shape index (κ2) is 9.41. The van der Waals surface area contributed by atoms with E-state index in [1.54, 1.807) is 25.3 Å². The van der Waals surface area contributed by atoms with Crippen molar-refractivity contribution >= 4 is 23.0 Å². The molecule has 2 N–H and O–H groups in total. The van der Waals surface area contributed by atoms with Gasteiger partial charge >= 0.3 is 5.69 Å². The lowest BCUT2D eigenvalue weighted by atomic mass is 10.2. The highest BCUT2D eigenvalue weighted by atomic mass is 16.6. The van der Waals surface area contributed by atoms with Crippen molar-refractivity contribution in [2.45, 2.75) is 6.54 Å². The Morgan fingerprint density at radius 2 is 1.60 bits per heavy atom. The summed E-state index contributed by atoms with van der Waals surface area (Å²) >= 11 is 0. The number of hydrogen-bond acceptors (Lipinski definition) is 9. The zero-order chi connectivity index (χ0) is 21.5. The van der Waals surface area contributed by atoms with Crippen LogP contribution in [0.2, 0.25) is 0 Å². The molecule has 0 amide bonds. The minimum Gasteiger partial charge on any atom is -0.497 e. The molecule has 10 nitrogen and oxygen atoms in total. The molecule has 0 aliphatic heterocycles. The Kier molecular flexibility index (Phi) is 6.48. The van der Waals surface area contributed by atoms with E-state index in [1.165, 1.54) is 20.5 Å². The summed E-state index contributed by atoms with van der Waals surface area (Å²) in [7, 11) is 4.62. The SMILES string of the molecule is COc1ccc(CNc2ncnc(Nc3ccc(OC)cc3OC)c2[N+](=O)[O-])cc1. The van der Waals surface area contributed by atoms with E-state index >= 15 is 0 Å². The molecule has 0 atom stereocenters. The van der Waals surface area contributed by atoms with Gasteiger partial charge in [-0.3, -0.25) is 10.1 Å². The summed E-state index contributed by atoms with van der Waals surface area (Å²) in [6.07, 6.45) is 1.25. The Labute approximate surface area is 173 Å². The first-order valence-electron chi connectivity index (χ1n) is 8.91. The van der Waals surface area contributed by atoms with Crippen LogP contribution in [0, 0.1) is 10.1 Å². The van der Waals surface area contributed by atoms with Gasteiger partial charge in [0, 0.05) is 12.6 Å². The van der Waals surface area contributed by atoms with E-state index in [2.05, 4.69) is 20.6 Å². The number of methoxy groups -OCH3 is 3. The molecule has 0 saturated heterocycles. The maximum atomic E-state index is 11.8. The Morgan fingerprint density at radius 1 is 0.933 bits per heavy atom. The maximum Gasteiger partial charge on any atom is 0.353 e.